The lowest BCUT2D eigenvalue weighted by molar-refractivity contribution is 0.574. The molecule has 1 unspecified atom stereocenters. The Labute approximate surface area is 124 Å². The van der Waals surface area contributed by atoms with E-state index in [1.807, 2.05) is 22.6 Å². The number of hydrogen-bond acceptors (Lipinski definition) is 4. The number of thioether (sulfide) groups is 1. The number of nitrogens with one attached hydrogen (secondary N) is 1. The summed E-state index contributed by atoms with van der Waals surface area (Å²) in [6, 6.07) is 8.68. The lowest BCUT2D eigenvalue weighted by atomic mass is 10.1. The zero-order valence-corrected chi connectivity index (χ0v) is 12.9. The normalized spacial score (nSPS) is 12.6. The van der Waals surface area contributed by atoms with E-state index in [-0.39, 0.29) is 6.04 Å². The van der Waals surface area contributed by atoms with Crippen LogP contribution in [0.5, 0.6) is 0 Å². The van der Waals surface area contributed by atoms with Crippen LogP contribution in [0.2, 0.25) is 0 Å². The van der Waals surface area contributed by atoms with Gasteiger partial charge in [0.25, 0.3) is 0 Å². The SMILES string of the molecule is CCn1cc(CC(CSc2ccccc2C)NN)cn1. The summed E-state index contributed by atoms with van der Waals surface area (Å²) in [4.78, 5) is 1.32. The summed E-state index contributed by atoms with van der Waals surface area (Å²) in [7, 11) is 0. The first-order valence-corrected chi connectivity index (χ1v) is 7.87. The van der Waals surface area contributed by atoms with Gasteiger partial charge in [0.1, 0.15) is 0 Å². The second-order valence-electron chi connectivity index (χ2n) is 4.85. The first-order valence-electron chi connectivity index (χ1n) is 6.88. The van der Waals surface area contributed by atoms with E-state index in [0.717, 1.165) is 18.7 Å². The molecule has 2 rings (SSSR count). The molecular weight excluding hydrogens is 268 g/mol. The van der Waals surface area contributed by atoms with Crippen molar-refractivity contribution in [1.82, 2.24) is 15.2 Å². The van der Waals surface area contributed by atoms with E-state index in [0.29, 0.717) is 0 Å². The Balaban J connectivity index is 1.91. The minimum atomic E-state index is 0.245. The minimum absolute atomic E-state index is 0.245. The van der Waals surface area contributed by atoms with Crippen LogP contribution in [0.15, 0.2) is 41.6 Å². The highest BCUT2D eigenvalue weighted by atomic mass is 32.2. The molecule has 20 heavy (non-hydrogen) atoms. The zero-order chi connectivity index (χ0) is 14.4. The molecule has 0 aliphatic carbocycles. The fourth-order valence-electron chi connectivity index (χ4n) is 2.04. The highest BCUT2D eigenvalue weighted by molar-refractivity contribution is 7.99. The van der Waals surface area contributed by atoms with Gasteiger partial charge in [0, 0.05) is 29.4 Å². The molecule has 0 saturated heterocycles. The third kappa shape index (κ3) is 4.10. The van der Waals surface area contributed by atoms with Gasteiger partial charge in [-0.15, -0.1) is 11.8 Å². The van der Waals surface area contributed by atoms with E-state index < -0.39 is 0 Å². The molecule has 1 aromatic carbocycles. The Kier molecular flexibility index (Phi) is 5.64. The Morgan fingerprint density at radius 1 is 1.40 bits per heavy atom. The number of aromatic nitrogens is 2. The summed E-state index contributed by atoms with van der Waals surface area (Å²) < 4.78 is 1.94. The highest BCUT2D eigenvalue weighted by Crippen LogP contribution is 2.23. The van der Waals surface area contributed by atoms with Crippen LogP contribution in [0.25, 0.3) is 0 Å². The van der Waals surface area contributed by atoms with Gasteiger partial charge in [-0.05, 0) is 37.5 Å². The molecule has 0 aliphatic heterocycles. The van der Waals surface area contributed by atoms with Gasteiger partial charge in [-0.25, -0.2) is 0 Å². The van der Waals surface area contributed by atoms with Gasteiger partial charge in [0.2, 0.25) is 0 Å². The fourth-order valence-corrected chi connectivity index (χ4v) is 3.11. The molecule has 108 valence electrons. The van der Waals surface area contributed by atoms with Crippen molar-refractivity contribution in [3.05, 3.63) is 47.8 Å². The monoisotopic (exact) mass is 290 g/mol. The van der Waals surface area contributed by atoms with Crippen molar-refractivity contribution in [2.24, 2.45) is 5.84 Å². The van der Waals surface area contributed by atoms with Crippen LogP contribution in [0.3, 0.4) is 0 Å². The van der Waals surface area contributed by atoms with Crippen molar-refractivity contribution in [3.8, 4) is 0 Å². The third-order valence-corrected chi connectivity index (χ3v) is 4.60. The number of hydrazine groups is 1. The molecule has 0 amide bonds. The molecule has 0 spiro atoms. The first-order chi connectivity index (χ1) is 9.72. The van der Waals surface area contributed by atoms with Crippen LogP contribution in [-0.2, 0) is 13.0 Å². The maximum Gasteiger partial charge on any atom is 0.0522 e. The fraction of sp³-hybridized carbons (Fsp3) is 0.400. The van der Waals surface area contributed by atoms with E-state index in [1.165, 1.54) is 16.0 Å². The summed E-state index contributed by atoms with van der Waals surface area (Å²) in [5, 5.41) is 4.30. The lowest BCUT2D eigenvalue weighted by Crippen LogP contribution is -2.38. The van der Waals surface area contributed by atoms with Gasteiger partial charge in [-0.2, -0.15) is 5.10 Å². The number of aryl methyl sites for hydroxylation is 2. The highest BCUT2D eigenvalue weighted by Gasteiger charge is 2.10. The van der Waals surface area contributed by atoms with Gasteiger partial charge in [0.05, 0.1) is 6.20 Å². The molecule has 5 heteroatoms. The number of hydrogen-bond donors (Lipinski definition) is 2. The second-order valence-corrected chi connectivity index (χ2v) is 5.91. The van der Waals surface area contributed by atoms with Crippen LogP contribution < -0.4 is 11.3 Å². The molecular formula is C15H22N4S. The third-order valence-electron chi connectivity index (χ3n) is 3.26. The zero-order valence-electron chi connectivity index (χ0n) is 12.0. The van der Waals surface area contributed by atoms with Crippen LogP contribution in [0.4, 0.5) is 0 Å². The molecule has 1 atom stereocenters. The summed E-state index contributed by atoms with van der Waals surface area (Å²) in [5.41, 5.74) is 5.44. The van der Waals surface area contributed by atoms with Crippen molar-refractivity contribution in [2.75, 3.05) is 5.75 Å². The first kappa shape index (κ1) is 15.1. The predicted octanol–water partition coefficient (Wildman–Crippen LogP) is 2.38. The largest absolute Gasteiger partial charge is 0.273 e. The average Bonchev–Trinajstić information content (AvgIpc) is 2.92. The van der Waals surface area contributed by atoms with E-state index >= 15 is 0 Å². The number of nitrogens with zero attached hydrogens (tertiary/aromatic N) is 2. The van der Waals surface area contributed by atoms with E-state index in [1.54, 1.807) is 0 Å². The van der Waals surface area contributed by atoms with Gasteiger partial charge in [-0.1, -0.05) is 18.2 Å². The molecule has 1 heterocycles. The molecule has 0 aliphatic rings. The molecule has 2 aromatic rings. The van der Waals surface area contributed by atoms with E-state index in [4.69, 9.17) is 5.84 Å². The smallest absolute Gasteiger partial charge is 0.0522 e. The Hall–Kier alpha value is -1.30. The van der Waals surface area contributed by atoms with Gasteiger partial charge in [0.15, 0.2) is 0 Å². The summed E-state index contributed by atoms with van der Waals surface area (Å²) >= 11 is 1.84. The Morgan fingerprint density at radius 2 is 2.20 bits per heavy atom. The van der Waals surface area contributed by atoms with Crippen molar-refractivity contribution in [2.45, 2.75) is 37.8 Å². The second kappa shape index (κ2) is 7.47. The molecule has 0 saturated carbocycles. The van der Waals surface area contributed by atoms with Crippen molar-refractivity contribution >= 4 is 11.8 Å². The molecule has 0 bridgehead atoms. The van der Waals surface area contributed by atoms with Crippen LogP contribution in [0, 0.1) is 6.92 Å². The van der Waals surface area contributed by atoms with E-state index in [2.05, 4.69) is 54.8 Å². The average molecular weight is 290 g/mol. The molecule has 1 aromatic heterocycles. The Bertz CT molecular complexity index is 538. The summed E-state index contributed by atoms with van der Waals surface area (Å²) in [6.45, 7) is 5.13. The topological polar surface area (TPSA) is 55.9 Å². The lowest BCUT2D eigenvalue weighted by Gasteiger charge is -2.15. The van der Waals surface area contributed by atoms with Crippen LogP contribution in [-0.4, -0.2) is 21.6 Å². The molecule has 0 radical (unpaired) electrons. The van der Waals surface area contributed by atoms with Crippen LogP contribution in [0.1, 0.15) is 18.1 Å². The summed E-state index contributed by atoms with van der Waals surface area (Å²) in [5.74, 6) is 6.61. The van der Waals surface area contributed by atoms with Crippen molar-refractivity contribution in [3.63, 3.8) is 0 Å². The quantitative estimate of drug-likeness (QED) is 0.467. The van der Waals surface area contributed by atoms with E-state index in [9.17, 15) is 0 Å². The maximum atomic E-state index is 5.67. The number of nitrogens with two attached hydrogens (primary N) is 1. The van der Waals surface area contributed by atoms with Crippen LogP contribution >= 0.6 is 11.8 Å². The maximum absolute atomic E-state index is 5.67. The van der Waals surface area contributed by atoms with Crippen molar-refractivity contribution < 1.29 is 0 Å². The number of benzene rings is 1. The predicted molar refractivity (Wildman–Crippen MR) is 84.6 cm³/mol. The molecule has 3 N–H and O–H groups in total. The minimum Gasteiger partial charge on any atom is -0.273 e. The standard InChI is InChI=1S/C15H22N4S/c1-3-19-10-13(9-17-19)8-14(18-16)11-20-15-7-5-4-6-12(15)2/h4-7,9-10,14,18H,3,8,11,16H2,1-2H3. The number of rotatable bonds is 7. The Morgan fingerprint density at radius 3 is 2.85 bits per heavy atom. The summed E-state index contributed by atoms with van der Waals surface area (Å²) in [6.07, 6.45) is 4.91. The molecule has 0 fully saturated rings. The van der Waals surface area contributed by atoms with Gasteiger partial charge in [-0.3, -0.25) is 16.0 Å². The van der Waals surface area contributed by atoms with Gasteiger partial charge < -0.3 is 0 Å². The molecule has 4 nitrogen and oxygen atoms in total. The van der Waals surface area contributed by atoms with Gasteiger partial charge >= 0.3 is 0 Å². The van der Waals surface area contributed by atoms with Crippen molar-refractivity contribution in [1.29, 1.82) is 0 Å².